The summed E-state index contributed by atoms with van der Waals surface area (Å²) in [6.07, 6.45) is 0. The Morgan fingerprint density at radius 1 is 0.600 bits per heavy atom. The number of ether oxygens (including phenoxy) is 4. The van der Waals surface area contributed by atoms with Crippen molar-refractivity contribution in [2.24, 2.45) is 0 Å². The van der Waals surface area contributed by atoms with E-state index in [4.69, 9.17) is 18.9 Å². The molecule has 2 aromatic rings. The molecule has 10 nitrogen and oxygen atoms in total. The van der Waals surface area contributed by atoms with Gasteiger partial charge in [0.25, 0.3) is 11.8 Å². The second-order valence-corrected chi connectivity index (χ2v) is 9.27. The maximum atomic E-state index is 12.3. The Balaban J connectivity index is 0.000000400. The molecule has 0 saturated carbocycles. The molecule has 0 N–H and O–H groups in total. The van der Waals surface area contributed by atoms with Gasteiger partial charge < -0.3 is 18.9 Å². The summed E-state index contributed by atoms with van der Waals surface area (Å²) >= 11 is 0. The van der Waals surface area contributed by atoms with Gasteiger partial charge in [-0.25, -0.2) is 9.59 Å². The van der Waals surface area contributed by atoms with Crippen LogP contribution in [0, 0.1) is 27.7 Å². The lowest BCUT2D eigenvalue weighted by Crippen LogP contribution is -2.46. The number of anilines is 2. The largest absolute Gasteiger partial charge is 0.467 e. The molecule has 0 saturated heterocycles. The zero-order chi connectivity index (χ0) is 30.6. The van der Waals surface area contributed by atoms with Crippen LogP contribution in [0.3, 0.4) is 0 Å². The van der Waals surface area contributed by atoms with E-state index in [0.29, 0.717) is 0 Å². The first-order chi connectivity index (χ1) is 18.9. The van der Waals surface area contributed by atoms with Gasteiger partial charge in [0, 0.05) is 14.2 Å². The highest BCUT2D eigenvalue weighted by Gasteiger charge is 2.31. The van der Waals surface area contributed by atoms with Gasteiger partial charge in [-0.05, 0) is 63.8 Å². The van der Waals surface area contributed by atoms with Crippen LogP contribution in [0.4, 0.5) is 11.4 Å². The maximum Gasteiger partial charge on any atom is 0.328 e. The highest BCUT2D eigenvalue weighted by atomic mass is 16.5. The van der Waals surface area contributed by atoms with E-state index >= 15 is 0 Å². The van der Waals surface area contributed by atoms with Gasteiger partial charge in [0.2, 0.25) is 0 Å². The third-order valence-corrected chi connectivity index (χ3v) is 6.29. The molecule has 10 heteroatoms. The van der Waals surface area contributed by atoms with E-state index < -0.39 is 24.0 Å². The Bertz CT molecular complexity index is 1050. The van der Waals surface area contributed by atoms with E-state index in [2.05, 4.69) is 0 Å². The fraction of sp³-hybridized carbons (Fsp3) is 0.467. The first-order valence-corrected chi connectivity index (χ1v) is 12.8. The summed E-state index contributed by atoms with van der Waals surface area (Å²) in [5.41, 5.74) is 5.14. The smallest absolute Gasteiger partial charge is 0.328 e. The molecule has 40 heavy (non-hydrogen) atoms. The SMILES string of the molecule is COCC(=O)N(c1c(C)cccc1C)C(C)C(=O)OC.COCC(=O)N(c1c(C)cccc1C)[C@@H](C)C(=O)OC. The number of benzene rings is 2. The minimum Gasteiger partial charge on any atom is -0.467 e. The summed E-state index contributed by atoms with van der Waals surface area (Å²) in [5.74, 6) is -1.47. The minimum atomic E-state index is -0.706. The molecule has 2 amide bonds. The van der Waals surface area contributed by atoms with Gasteiger partial charge in [0.1, 0.15) is 25.3 Å². The lowest BCUT2D eigenvalue weighted by Gasteiger charge is -2.30. The monoisotopic (exact) mass is 558 g/mol. The molecule has 0 aliphatic carbocycles. The number of methoxy groups -OCH3 is 4. The van der Waals surface area contributed by atoms with E-state index in [1.165, 1.54) is 38.2 Å². The molecule has 1 unspecified atom stereocenters. The van der Waals surface area contributed by atoms with Crippen molar-refractivity contribution in [3.63, 3.8) is 0 Å². The standard InChI is InChI=1S/2C15H21NO4/c2*1-10-7-6-8-11(2)14(10)16(13(17)9-19-4)12(3)15(18)20-5/h2*6-8,12H,9H2,1-5H3/t12-;/m0./s1. The number of esters is 2. The average Bonchev–Trinajstić information content (AvgIpc) is 2.91. The van der Waals surface area contributed by atoms with Crippen LogP contribution >= 0.6 is 0 Å². The Kier molecular flexibility index (Phi) is 14.0. The van der Waals surface area contributed by atoms with Crippen molar-refractivity contribution in [1.29, 1.82) is 0 Å². The molecule has 2 atom stereocenters. The Morgan fingerprint density at radius 3 is 1.10 bits per heavy atom. The van der Waals surface area contributed by atoms with Crippen molar-refractivity contribution in [2.75, 3.05) is 51.5 Å². The van der Waals surface area contributed by atoms with Gasteiger partial charge in [-0.2, -0.15) is 0 Å². The summed E-state index contributed by atoms with van der Waals surface area (Å²) in [6, 6.07) is 10.0. The van der Waals surface area contributed by atoms with Gasteiger partial charge in [0.05, 0.1) is 25.6 Å². The topological polar surface area (TPSA) is 112 Å². The van der Waals surface area contributed by atoms with Gasteiger partial charge >= 0.3 is 11.9 Å². The minimum absolute atomic E-state index is 0.0882. The first kappa shape index (κ1) is 34.3. The van der Waals surface area contributed by atoms with Gasteiger partial charge in [-0.15, -0.1) is 0 Å². The predicted octanol–water partition coefficient (Wildman–Crippen LogP) is 3.69. The van der Waals surface area contributed by atoms with Crippen molar-refractivity contribution >= 4 is 35.1 Å². The number of aryl methyl sites for hydroxylation is 4. The van der Waals surface area contributed by atoms with Crippen LogP contribution in [0.25, 0.3) is 0 Å². The predicted molar refractivity (Wildman–Crippen MR) is 154 cm³/mol. The number of rotatable bonds is 10. The molecule has 220 valence electrons. The Hall–Kier alpha value is -3.76. The number of hydrogen-bond acceptors (Lipinski definition) is 8. The van der Waals surface area contributed by atoms with Crippen LogP contribution in [0.5, 0.6) is 0 Å². The van der Waals surface area contributed by atoms with E-state index in [0.717, 1.165) is 33.6 Å². The summed E-state index contributed by atoms with van der Waals surface area (Å²) in [7, 11) is 5.51. The quantitative estimate of drug-likeness (QED) is 0.406. The molecule has 0 radical (unpaired) electrons. The van der Waals surface area contributed by atoms with Gasteiger partial charge in [-0.1, -0.05) is 36.4 Å². The third kappa shape index (κ3) is 8.62. The number of nitrogens with zero attached hydrogens (tertiary/aromatic N) is 2. The maximum absolute atomic E-state index is 12.3. The van der Waals surface area contributed by atoms with Crippen molar-refractivity contribution in [2.45, 2.75) is 53.6 Å². The first-order valence-electron chi connectivity index (χ1n) is 12.8. The number of amides is 2. The van der Waals surface area contributed by atoms with Crippen molar-refractivity contribution < 1.29 is 38.1 Å². The van der Waals surface area contributed by atoms with Crippen LogP contribution < -0.4 is 9.80 Å². The molecule has 0 bridgehead atoms. The Labute approximate surface area is 237 Å². The molecular weight excluding hydrogens is 516 g/mol. The Morgan fingerprint density at radius 2 is 0.875 bits per heavy atom. The highest BCUT2D eigenvalue weighted by molar-refractivity contribution is 6.02. The van der Waals surface area contributed by atoms with Crippen LogP contribution in [0.2, 0.25) is 0 Å². The normalized spacial score (nSPS) is 11.8. The van der Waals surface area contributed by atoms with Crippen LogP contribution in [0.1, 0.15) is 36.1 Å². The fourth-order valence-corrected chi connectivity index (χ4v) is 4.38. The number of para-hydroxylation sites is 2. The molecule has 0 aromatic heterocycles. The van der Waals surface area contributed by atoms with E-state index in [9.17, 15) is 19.2 Å². The lowest BCUT2D eigenvalue weighted by atomic mass is 10.1. The summed E-state index contributed by atoms with van der Waals surface area (Å²) in [5, 5.41) is 0. The number of hydrogen-bond donors (Lipinski definition) is 0. The zero-order valence-corrected chi connectivity index (χ0v) is 25.2. The van der Waals surface area contributed by atoms with Crippen molar-refractivity contribution in [1.82, 2.24) is 0 Å². The average molecular weight is 559 g/mol. The van der Waals surface area contributed by atoms with Gasteiger partial charge in [0.15, 0.2) is 0 Å². The molecule has 0 fully saturated rings. The van der Waals surface area contributed by atoms with E-state index in [-0.39, 0.29) is 25.0 Å². The van der Waals surface area contributed by atoms with Gasteiger partial charge in [-0.3, -0.25) is 19.4 Å². The number of carbonyl (C=O) groups is 4. The molecule has 0 aliphatic rings. The number of carbonyl (C=O) groups excluding carboxylic acids is 4. The van der Waals surface area contributed by atoms with Crippen molar-refractivity contribution in [3.8, 4) is 0 Å². The molecule has 0 heterocycles. The van der Waals surface area contributed by atoms with Crippen LogP contribution in [0.15, 0.2) is 36.4 Å². The molecule has 0 aliphatic heterocycles. The molecule has 0 spiro atoms. The zero-order valence-electron chi connectivity index (χ0n) is 25.2. The van der Waals surface area contributed by atoms with Crippen LogP contribution in [-0.2, 0) is 38.1 Å². The van der Waals surface area contributed by atoms with Crippen LogP contribution in [-0.4, -0.2) is 77.5 Å². The highest BCUT2D eigenvalue weighted by Crippen LogP contribution is 2.28. The van der Waals surface area contributed by atoms with Crippen molar-refractivity contribution in [3.05, 3.63) is 58.7 Å². The summed E-state index contributed by atoms with van der Waals surface area (Å²) in [6.45, 7) is 10.7. The summed E-state index contributed by atoms with van der Waals surface area (Å²) < 4.78 is 19.3. The molecule has 2 rings (SSSR count). The second kappa shape index (κ2) is 16.4. The molecular formula is C30H42N2O8. The second-order valence-electron chi connectivity index (χ2n) is 9.27. The third-order valence-electron chi connectivity index (χ3n) is 6.29. The fourth-order valence-electron chi connectivity index (χ4n) is 4.38. The molecule has 2 aromatic carbocycles. The lowest BCUT2D eigenvalue weighted by molar-refractivity contribution is -0.143. The van der Waals surface area contributed by atoms with E-state index in [1.807, 2.05) is 64.1 Å². The summed E-state index contributed by atoms with van der Waals surface area (Å²) in [4.78, 5) is 51.1. The van der Waals surface area contributed by atoms with E-state index in [1.54, 1.807) is 13.8 Å².